The molecular formula is C12H19Br2ClN2O. The van der Waals surface area contributed by atoms with Crippen LogP contribution in [0.15, 0.2) is 21.1 Å². The maximum Gasteiger partial charge on any atom is 0.0915 e. The molecule has 1 unspecified atom stereocenters. The molecule has 0 fully saturated rings. The number of nitrogens with two attached hydrogens (primary N) is 1. The SMILES string of the molecule is CC(C)(C)NCC(O)c1cc(Br)c(N)c(Br)c1.Cl. The first-order valence-corrected chi connectivity index (χ1v) is 6.97. The third-order valence-corrected chi connectivity index (χ3v) is 3.62. The van der Waals surface area contributed by atoms with Gasteiger partial charge in [0, 0.05) is 21.0 Å². The van der Waals surface area contributed by atoms with Crippen molar-refractivity contribution in [1.82, 2.24) is 5.32 Å². The lowest BCUT2D eigenvalue weighted by atomic mass is 10.1. The van der Waals surface area contributed by atoms with Crippen molar-refractivity contribution >= 4 is 50.0 Å². The first-order chi connectivity index (χ1) is 7.70. The molecule has 0 aliphatic carbocycles. The Bertz CT molecular complexity index is 385. The lowest BCUT2D eigenvalue weighted by molar-refractivity contribution is 0.163. The predicted molar refractivity (Wildman–Crippen MR) is 86.2 cm³/mol. The molecule has 0 amide bonds. The average molecular weight is 403 g/mol. The standard InChI is InChI=1S/C12H18Br2N2O.ClH/c1-12(2,3)16-6-10(17)7-4-8(13)11(15)9(14)5-7;/h4-5,10,16-17H,6,15H2,1-3H3;1H. The second-order valence-electron chi connectivity index (χ2n) is 5.04. The summed E-state index contributed by atoms with van der Waals surface area (Å²) in [6.07, 6.45) is -0.553. The van der Waals surface area contributed by atoms with Gasteiger partial charge in [-0.05, 0) is 70.3 Å². The molecule has 0 aliphatic heterocycles. The van der Waals surface area contributed by atoms with Crippen molar-refractivity contribution in [3.63, 3.8) is 0 Å². The molecule has 6 heteroatoms. The van der Waals surface area contributed by atoms with E-state index in [2.05, 4.69) is 57.9 Å². The zero-order valence-electron chi connectivity index (χ0n) is 10.6. The number of hydrogen-bond donors (Lipinski definition) is 3. The molecule has 1 atom stereocenters. The maximum atomic E-state index is 10.1. The van der Waals surface area contributed by atoms with Crippen molar-refractivity contribution in [3.05, 3.63) is 26.6 Å². The average Bonchev–Trinajstić information content (AvgIpc) is 2.20. The summed E-state index contributed by atoms with van der Waals surface area (Å²) in [7, 11) is 0. The van der Waals surface area contributed by atoms with Crippen molar-refractivity contribution < 1.29 is 5.11 Å². The number of aliphatic hydroxyl groups is 1. The Morgan fingerprint density at radius 2 is 1.72 bits per heavy atom. The maximum absolute atomic E-state index is 10.1. The molecule has 0 spiro atoms. The van der Waals surface area contributed by atoms with Gasteiger partial charge in [0.05, 0.1) is 11.8 Å². The molecule has 0 radical (unpaired) electrons. The zero-order valence-corrected chi connectivity index (χ0v) is 14.6. The highest BCUT2D eigenvalue weighted by molar-refractivity contribution is 9.11. The monoisotopic (exact) mass is 400 g/mol. The highest BCUT2D eigenvalue weighted by atomic mass is 79.9. The van der Waals surface area contributed by atoms with E-state index in [0.717, 1.165) is 14.5 Å². The molecule has 1 rings (SSSR count). The van der Waals surface area contributed by atoms with E-state index in [4.69, 9.17) is 5.73 Å². The van der Waals surface area contributed by atoms with Gasteiger partial charge in [-0.1, -0.05) is 0 Å². The molecule has 104 valence electrons. The smallest absolute Gasteiger partial charge is 0.0915 e. The molecule has 0 saturated heterocycles. The third kappa shape index (κ3) is 5.45. The van der Waals surface area contributed by atoms with Crippen LogP contribution in [0.4, 0.5) is 5.69 Å². The van der Waals surface area contributed by atoms with Gasteiger partial charge in [0.1, 0.15) is 0 Å². The van der Waals surface area contributed by atoms with E-state index < -0.39 is 6.10 Å². The topological polar surface area (TPSA) is 58.3 Å². The summed E-state index contributed by atoms with van der Waals surface area (Å²) in [5.74, 6) is 0. The van der Waals surface area contributed by atoms with Crippen LogP contribution in [0.2, 0.25) is 0 Å². The van der Waals surface area contributed by atoms with Crippen LogP contribution < -0.4 is 11.1 Å². The molecule has 0 saturated carbocycles. The molecule has 0 bridgehead atoms. The van der Waals surface area contributed by atoms with Gasteiger partial charge in [-0.15, -0.1) is 12.4 Å². The highest BCUT2D eigenvalue weighted by Crippen LogP contribution is 2.31. The van der Waals surface area contributed by atoms with Crippen LogP contribution in [0.3, 0.4) is 0 Å². The fraction of sp³-hybridized carbons (Fsp3) is 0.500. The van der Waals surface area contributed by atoms with Crippen LogP contribution in [0.1, 0.15) is 32.4 Å². The normalized spacial score (nSPS) is 13.0. The lowest BCUT2D eigenvalue weighted by Crippen LogP contribution is -2.38. The Morgan fingerprint density at radius 1 is 1.28 bits per heavy atom. The Morgan fingerprint density at radius 3 is 2.11 bits per heavy atom. The second-order valence-corrected chi connectivity index (χ2v) is 6.75. The van der Waals surface area contributed by atoms with Gasteiger partial charge in [0.15, 0.2) is 0 Å². The van der Waals surface area contributed by atoms with Crippen molar-refractivity contribution in [2.45, 2.75) is 32.4 Å². The largest absolute Gasteiger partial charge is 0.397 e. The Hall–Kier alpha value is 0.190. The molecule has 0 aromatic heterocycles. The quantitative estimate of drug-likeness (QED) is 0.677. The van der Waals surface area contributed by atoms with Crippen molar-refractivity contribution in [2.75, 3.05) is 12.3 Å². The molecule has 0 heterocycles. The van der Waals surface area contributed by atoms with Crippen LogP contribution in [0.25, 0.3) is 0 Å². The van der Waals surface area contributed by atoms with Gasteiger partial charge in [-0.3, -0.25) is 0 Å². The minimum Gasteiger partial charge on any atom is -0.397 e. The summed E-state index contributed by atoms with van der Waals surface area (Å²) in [5, 5.41) is 13.3. The van der Waals surface area contributed by atoms with Gasteiger partial charge >= 0.3 is 0 Å². The van der Waals surface area contributed by atoms with E-state index in [9.17, 15) is 5.11 Å². The zero-order chi connectivity index (χ0) is 13.2. The van der Waals surface area contributed by atoms with Gasteiger partial charge in [-0.2, -0.15) is 0 Å². The van der Waals surface area contributed by atoms with Crippen LogP contribution in [0, 0.1) is 0 Å². The third-order valence-electron chi connectivity index (χ3n) is 2.31. The van der Waals surface area contributed by atoms with Crippen molar-refractivity contribution in [1.29, 1.82) is 0 Å². The molecule has 1 aromatic carbocycles. The van der Waals surface area contributed by atoms with Crippen LogP contribution in [-0.2, 0) is 0 Å². The first-order valence-electron chi connectivity index (χ1n) is 5.38. The number of benzene rings is 1. The number of β-amino-alcohol motifs (C(OH)–C–C–N with tert-alkyl or cyclic N) is 1. The van der Waals surface area contributed by atoms with E-state index in [0.29, 0.717) is 12.2 Å². The van der Waals surface area contributed by atoms with E-state index in [1.54, 1.807) is 0 Å². The minimum absolute atomic E-state index is 0. The fourth-order valence-electron chi connectivity index (χ4n) is 1.32. The summed E-state index contributed by atoms with van der Waals surface area (Å²) in [5.41, 5.74) is 7.26. The van der Waals surface area contributed by atoms with Gasteiger partial charge in [-0.25, -0.2) is 0 Å². The van der Waals surface area contributed by atoms with E-state index >= 15 is 0 Å². The number of halogens is 3. The molecule has 18 heavy (non-hydrogen) atoms. The van der Waals surface area contributed by atoms with Crippen molar-refractivity contribution in [3.8, 4) is 0 Å². The van der Waals surface area contributed by atoms with Crippen LogP contribution in [-0.4, -0.2) is 17.2 Å². The van der Waals surface area contributed by atoms with Crippen LogP contribution in [0.5, 0.6) is 0 Å². The molecule has 4 N–H and O–H groups in total. The summed E-state index contributed by atoms with van der Waals surface area (Å²) in [4.78, 5) is 0. The number of hydrogen-bond acceptors (Lipinski definition) is 3. The van der Waals surface area contributed by atoms with Gasteiger partial charge in [0.2, 0.25) is 0 Å². The molecular weight excluding hydrogens is 383 g/mol. The fourth-order valence-corrected chi connectivity index (χ4v) is 2.54. The second kappa shape index (κ2) is 7.10. The van der Waals surface area contributed by atoms with Crippen molar-refractivity contribution in [2.24, 2.45) is 0 Å². The van der Waals surface area contributed by atoms with Crippen LogP contribution >= 0.6 is 44.3 Å². The van der Waals surface area contributed by atoms with Gasteiger partial charge < -0.3 is 16.2 Å². The van der Waals surface area contributed by atoms with E-state index in [1.807, 2.05) is 12.1 Å². The lowest BCUT2D eigenvalue weighted by Gasteiger charge is -2.23. The number of anilines is 1. The number of nitrogens with one attached hydrogen (secondary N) is 1. The highest BCUT2D eigenvalue weighted by Gasteiger charge is 2.15. The first kappa shape index (κ1) is 18.2. The number of aliphatic hydroxyl groups excluding tert-OH is 1. The van der Waals surface area contributed by atoms with E-state index in [-0.39, 0.29) is 17.9 Å². The Balaban J connectivity index is 0.00000289. The minimum atomic E-state index is -0.553. The Kier molecular flexibility index (Phi) is 7.18. The summed E-state index contributed by atoms with van der Waals surface area (Å²) < 4.78 is 1.58. The number of rotatable bonds is 3. The van der Waals surface area contributed by atoms with Gasteiger partial charge in [0.25, 0.3) is 0 Å². The summed E-state index contributed by atoms with van der Waals surface area (Å²) in [6.45, 7) is 6.70. The summed E-state index contributed by atoms with van der Waals surface area (Å²) in [6, 6.07) is 3.68. The molecule has 1 aromatic rings. The number of nitrogen functional groups attached to an aromatic ring is 1. The summed E-state index contributed by atoms with van der Waals surface area (Å²) >= 11 is 6.74. The molecule has 0 aliphatic rings. The van der Waals surface area contributed by atoms with E-state index in [1.165, 1.54) is 0 Å². The Labute approximate surface area is 131 Å². The predicted octanol–water partition coefficient (Wildman–Crippen LogP) is 3.64. The molecule has 3 nitrogen and oxygen atoms in total.